The Morgan fingerprint density at radius 1 is 1.16 bits per heavy atom. The van der Waals surface area contributed by atoms with Crippen molar-refractivity contribution in [2.24, 2.45) is 5.41 Å². The van der Waals surface area contributed by atoms with E-state index < -0.39 is 19.3 Å². The molecule has 0 amide bonds. The predicted molar refractivity (Wildman–Crippen MR) is 150 cm³/mol. The molecule has 0 bridgehead atoms. The summed E-state index contributed by atoms with van der Waals surface area (Å²) >= 11 is 5.87. The van der Waals surface area contributed by atoms with Crippen LogP contribution in [0.25, 0.3) is 0 Å². The number of nitrogens with zero attached hydrogens (tertiary/aromatic N) is 4. The zero-order valence-electron chi connectivity index (χ0n) is 22.2. The molecule has 4 rings (SSSR count). The molecule has 0 saturated heterocycles. The first kappa shape index (κ1) is 28.1. The van der Waals surface area contributed by atoms with Crippen LogP contribution < -0.4 is 10.1 Å². The van der Waals surface area contributed by atoms with Gasteiger partial charge in [0.25, 0.3) is 0 Å². The summed E-state index contributed by atoms with van der Waals surface area (Å²) < 4.78 is 27.6. The maximum absolute atomic E-state index is 14.2. The molecule has 1 aromatic carbocycles. The summed E-state index contributed by atoms with van der Waals surface area (Å²) in [6.45, 7) is 8.15. The SMILES string of the molecule is C[Si](C)(C)CCOCn1ccc(Nc2cccc(CC3(C#N)CCC(Oc4cccc(Cl)c4F)CC3)n2)n1. The van der Waals surface area contributed by atoms with Crippen LogP contribution >= 0.6 is 11.6 Å². The maximum atomic E-state index is 14.2. The summed E-state index contributed by atoms with van der Waals surface area (Å²) in [4.78, 5) is 4.74. The van der Waals surface area contributed by atoms with Crippen LogP contribution in [0.1, 0.15) is 31.4 Å². The summed E-state index contributed by atoms with van der Waals surface area (Å²) in [6.07, 6.45) is 4.89. The molecular weight excluding hydrogens is 521 g/mol. The van der Waals surface area contributed by atoms with Gasteiger partial charge in [-0.3, -0.25) is 0 Å². The molecule has 0 spiro atoms. The van der Waals surface area contributed by atoms with Crippen LogP contribution in [0, 0.1) is 22.6 Å². The van der Waals surface area contributed by atoms with Gasteiger partial charge in [-0.15, -0.1) is 0 Å². The number of rotatable bonds is 11. The third kappa shape index (κ3) is 7.79. The average Bonchev–Trinajstić information content (AvgIpc) is 3.32. The van der Waals surface area contributed by atoms with Crippen LogP contribution in [-0.2, 0) is 17.9 Å². The smallest absolute Gasteiger partial charge is 0.183 e. The quantitative estimate of drug-likeness (QED) is 0.199. The van der Waals surface area contributed by atoms with Gasteiger partial charge < -0.3 is 14.8 Å². The first-order valence-corrected chi connectivity index (χ1v) is 17.1. The Bertz CT molecular complexity index is 1260. The highest BCUT2D eigenvalue weighted by molar-refractivity contribution is 6.76. The third-order valence-corrected chi connectivity index (χ3v) is 8.78. The topological polar surface area (TPSA) is 85.0 Å². The van der Waals surface area contributed by atoms with Crippen LogP contribution in [0.3, 0.4) is 0 Å². The molecule has 7 nitrogen and oxygen atoms in total. The average molecular weight is 556 g/mol. The van der Waals surface area contributed by atoms with E-state index in [1.165, 1.54) is 6.07 Å². The van der Waals surface area contributed by atoms with Gasteiger partial charge in [0.2, 0.25) is 0 Å². The number of halogens is 2. The Hall–Kier alpha value is -2.93. The molecule has 0 atom stereocenters. The van der Waals surface area contributed by atoms with Gasteiger partial charge in [0.1, 0.15) is 12.5 Å². The molecule has 1 aliphatic rings. The Morgan fingerprint density at radius 2 is 1.92 bits per heavy atom. The molecule has 2 heterocycles. The van der Waals surface area contributed by atoms with E-state index in [2.05, 4.69) is 36.1 Å². The first-order chi connectivity index (χ1) is 18.1. The molecule has 1 aliphatic carbocycles. The maximum Gasteiger partial charge on any atom is 0.183 e. The molecule has 0 aliphatic heterocycles. The number of pyridine rings is 1. The van der Waals surface area contributed by atoms with Gasteiger partial charge in [0.05, 0.1) is 22.6 Å². The van der Waals surface area contributed by atoms with E-state index in [4.69, 9.17) is 26.1 Å². The molecule has 1 fully saturated rings. The van der Waals surface area contributed by atoms with Crippen LogP contribution in [0.5, 0.6) is 5.75 Å². The summed E-state index contributed by atoms with van der Waals surface area (Å²) in [5.74, 6) is 0.977. The number of hydrogen-bond acceptors (Lipinski definition) is 6. The number of benzene rings is 1. The Morgan fingerprint density at radius 3 is 2.66 bits per heavy atom. The third-order valence-electron chi connectivity index (χ3n) is 6.78. The van der Waals surface area contributed by atoms with E-state index in [0.29, 0.717) is 50.5 Å². The number of hydrogen-bond donors (Lipinski definition) is 1. The Kier molecular flexibility index (Phi) is 9.08. The van der Waals surface area contributed by atoms with E-state index in [0.717, 1.165) is 18.3 Å². The van der Waals surface area contributed by atoms with Crippen molar-refractivity contribution in [2.75, 3.05) is 11.9 Å². The van der Waals surface area contributed by atoms with Crippen molar-refractivity contribution in [2.45, 2.75) is 70.6 Å². The number of aromatic nitrogens is 3. The normalized spacial score (nSPS) is 19.6. The van der Waals surface area contributed by atoms with Gasteiger partial charge >= 0.3 is 0 Å². The zero-order valence-corrected chi connectivity index (χ0v) is 24.0. The van der Waals surface area contributed by atoms with Crippen LogP contribution in [0.15, 0.2) is 48.7 Å². The lowest BCUT2D eigenvalue weighted by molar-refractivity contribution is 0.0788. The highest BCUT2D eigenvalue weighted by Crippen LogP contribution is 2.40. The lowest BCUT2D eigenvalue weighted by atomic mass is 9.71. The molecule has 202 valence electrons. The standard InChI is InChI=1S/C28H35ClFN5O2Si/c1-38(2,3)17-16-36-20-35-15-12-26(34-35)33-25-9-4-6-21(32-25)18-28(19-31)13-10-22(11-14-28)37-24-8-5-7-23(29)27(24)30/h4-9,12,15,22H,10-11,13-14,16-18,20H2,1-3H3,(H,32,33,34). The molecule has 38 heavy (non-hydrogen) atoms. The lowest BCUT2D eigenvalue weighted by Crippen LogP contribution is -2.33. The highest BCUT2D eigenvalue weighted by atomic mass is 35.5. The minimum absolute atomic E-state index is 0.0433. The van der Waals surface area contributed by atoms with E-state index >= 15 is 0 Å². The molecule has 1 saturated carbocycles. The van der Waals surface area contributed by atoms with Crippen molar-refractivity contribution >= 4 is 31.3 Å². The fourth-order valence-electron chi connectivity index (χ4n) is 4.51. The summed E-state index contributed by atoms with van der Waals surface area (Å²) in [7, 11) is -1.11. The molecule has 2 aromatic heterocycles. The molecule has 0 radical (unpaired) electrons. The van der Waals surface area contributed by atoms with Gasteiger partial charge in [-0.25, -0.2) is 14.1 Å². The van der Waals surface area contributed by atoms with Gasteiger partial charge in [-0.05, 0) is 56.0 Å². The minimum Gasteiger partial charge on any atom is -0.487 e. The molecule has 3 aromatic rings. The largest absolute Gasteiger partial charge is 0.487 e. The molecule has 1 N–H and O–H groups in total. The van der Waals surface area contributed by atoms with Crippen LogP contribution in [0.2, 0.25) is 30.7 Å². The van der Waals surface area contributed by atoms with Crippen molar-refractivity contribution < 1.29 is 13.9 Å². The summed E-state index contributed by atoms with van der Waals surface area (Å²) in [5, 5.41) is 17.9. The zero-order chi connectivity index (χ0) is 27.2. The molecular formula is C28H35ClFN5O2Si. The Balaban J connectivity index is 1.31. The summed E-state index contributed by atoms with van der Waals surface area (Å²) in [5.41, 5.74) is 0.304. The monoisotopic (exact) mass is 555 g/mol. The highest BCUT2D eigenvalue weighted by Gasteiger charge is 2.37. The second kappa shape index (κ2) is 12.3. The number of nitrogens with one attached hydrogen (secondary N) is 1. The van der Waals surface area contributed by atoms with E-state index in [9.17, 15) is 9.65 Å². The van der Waals surface area contributed by atoms with Gasteiger partial charge in [-0.1, -0.05) is 43.4 Å². The van der Waals surface area contributed by atoms with Crippen molar-refractivity contribution in [3.8, 4) is 11.8 Å². The minimum atomic E-state index is -1.11. The number of ether oxygens (including phenoxy) is 2. The van der Waals surface area contributed by atoms with Crippen LogP contribution in [-0.4, -0.2) is 35.5 Å². The second-order valence-corrected chi connectivity index (χ2v) is 17.2. The van der Waals surface area contributed by atoms with E-state index in [-0.39, 0.29) is 16.9 Å². The lowest BCUT2D eigenvalue weighted by Gasteiger charge is -2.35. The number of anilines is 2. The predicted octanol–water partition coefficient (Wildman–Crippen LogP) is 7.20. The summed E-state index contributed by atoms with van der Waals surface area (Å²) in [6, 6.07) is 16.1. The van der Waals surface area contributed by atoms with Crippen molar-refractivity contribution in [1.29, 1.82) is 5.26 Å². The second-order valence-electron chi connectivity index (χ2n) is 11.2. The van der Waals surface area contributed by atoms with Crippen molar-refractivity contribution in [3.05, 3.63) is 65.2 Å². The Labute approximate surface area is 229 Å². The van der Waals surface area contributed by atoms with E-state index in [1.807, 2.05) is 30.5 Å². The molecule has 0 unspecified atom stereocenters. The van der Waals surface area contributed by atoms with Gasteiger partial charge in [0, 0.05) is 39.1 Å². The molecule has 10 heteroatoms. The fourth-order valence-corrected chi connectivity index (χ4v) is 5.43. The van der Waals surface area contributed by atoms with Gasteiger partial charge in [-0.2, -0.15) is 10.4 Å². The number of nitriles is 1. The fraction of sp³-hybridized carbons (Fsp3) is 0.464. The van der Waals surface area contributed by atoms with Crippen molar-refractivity contribution in [1.82, 2.24) is 14.8 Å². The van der Waals surface area contributed by atoms with Gasteiger partial charge in [0.15, 0.2) is 17.4 Å². The van der Waals surface area contributed by atoms with E-state index in [1.54, 1.807) is 16.8 Å². The van der Waals surface area contributed by atoms with Crippen molar-refractivity contribution in [3.63, 3.8) is 0 Å². The first-order valence-electron chi connectivity index (χ1n) is 13.0. The van der Waals surface area contributed by atoms with Crippen LogP contribution in [0.4, 0.5) is 16.0 Å².